The van der Waals surface area contributed by atoms with E-state index in [1.54, 1.807) is 36.4 Å². The first kappa shape index (κ1) is 19.5. The van der Waals surface area contributed by atoms with Crippen molar-refractivity contribution in [1.29, 1.82) is 0 Å². The van der Waals surface area contributed by atoms with Crippen LogP contribution in [-0.4, -0.2) is 36.3 Å². The third kappa shape index (κ3) is 3.70. The molecule has 7 heteroatoms. The highest BCUT2D eigenvalue weighted by Gasteiger charge is 2.26. The maximum Gasteiger partial charge on any atom is 0.265 e. The second-order valence-corrected chi connectivity index (χ2v) is 7.27. The Morgan fingerprint density at radius 2 is 1.54 bits per heavy atom. The SMILES string of the molecule is C#CCN(c1cc(OC)c(OC)c(OC)c1)S(=O)(=O)c1ccc(C)cc1. The molecule has 0 atom stereocenters. The zero-order valence-corrected chi connectivity index (χ0v) is 16.0. The van der Waals surface area contributed by atoms with Gasteiger partial charge in [0.1, 0.15) is 0 Å². The Kier molecular flexibility index (Phi) is 6.01. The molecule has 6 nitrogen and oxygen atoms in total. The molecule has 26 heavy (non-hydrogen) atoms. The summed E-state index contributed by atoms with van der Waals surface area (Å²) in [4.78, 5) is 0.145. The highest BCUT2D eigenvalue weighted by molar-refractivity contribution is 7.92. The van der Waals surface area contributed by atoms with Crippen molar-refractivity contribution in [2.24, 2.45) is 0 Å². The van der Waals surface area contributed by atoms with Crippen LogP contribution < -0.4 is 18.5 Å². The Bertz CT molecular complexity index is 889. The number of methoxy groups -OCH3 is 3. The van der Waals surface area contributed by atoms with Gasteiger partial charge in [0.25, 0.3) is 10.0 Å². The summed E-state index contributed by atoms with van der Waals surface area (Å²) in [6.45, 7) is 1.74. The summed E-state index contributed by atoms with van der Waals surface area (Å²) in [7, 11) is 0.530. The molecule has 0 saturated heterocycles. The molecule has 0 amide bonds. The van der Waals surface area contributed by atoms with E-state index in [2.05, 4.69) is 5.92 Å². The van der Waals surface area contributed by atoms with Crippen molar-refractivity contribution in [3.05, 3.63) is 42.0 Å². The molecule has 0 aliphatic heterocycles. The molecule has 0 radical (unpaired) electrons. The highest BCUT2D eigenvalue weighted by Crippen LogP contribution is 2.42. The molecule has 2 aromatic rings. The molecule has 2 rings (SSSR count). The second-order valence-electron chi connectivity index (χ2n) is 5.41. The molecule has 0 aromatic heterocycles. The van der Waals surface area contributed by atoms with Crippen molar-refractivity contribution in [2.45, 2.75) is 11.8 Å². The van der Waals surface area contributed by atoms with E-state index in [4.69, 9.17) is 20.6 Å². The second kappa shape index (κ2) is 8.02. The lowest BCUT2D eigenvalue weighted by Gasteiger charge is -2.24. The number of aryl methyl sites for hydroxylation is 1. The molecule has 0 unspecified atom stereocenters. The minimum atomic E-state index is -3.86. The van der Waals surface area contributed by atoms with Gasteiger partial charge in [-0.05, 0) is 19.1 Å². The van der Waals surface area contributed by atoms with Crippen LogP contribution in [0.5, 0.6) is 17.2 Å². The molecule has 0 saturated carbocycles. The number of hydrogen-bond donors (Lipinski definition) is 0. The van der Waals surface area contributed by atoms with Crippen LogP contribution in [0.2, 0.25) is 0 Å². The van der Waals surface area contributed by atoms with Crippen LogP contribution in [0.4, 0.5) is 5.69 Å². The van der Waals surface area contributed by atoms with Crippen LogP contribution in [0.25, 0.3) is 0 Å². The Balaban J connectivity index is 2.64. The first-order chi connectivity index (χ1) is 12.4. The average Bonchev–Trinajstić information content (AvgIpc) is 2.65. The Morgan fingerprint density at radius 3 is 1.96 bits per heavy atom. The van der Waals surface area contributed by atoms with Gasteiger partial charge in [-0.2, -0.15) is 0 Å². The maximum absolute atomic E-state index is 13.1. The van der Waals surface area contributed by atoms with Crippen LogP contribution in [-0.2, 0) is 10.0 Å². The van der Waals surface area contributed by atoms with E-state index in [0.717, 1.165) is 9.87 Å². The molecule has 0 aliphatic rings. The molecule has 0 bridgehead atoms. The quantitative estimate of drug-likeness (QED) is 0.696. The fourth-order valence-electron chi connectivity index (χ4n) is 2.45. The predicted molar refractivity (Wildman–Crippen MR) is 101 cm³/mol. The highest BCUT2D eigenvalue weighted by atomic mass is 32.2. The van der Waals surface area contributed by atoms with Gasteiger partial charge in [0, 0.05) is 12.1 Å². The van der Waals surface area contributed by atoms with Crippen molar-refractivity contribution in [3.63, 3.8) is 0 Å². The van der Waals surface area contributed by atoms with Crippen LogP contribution >= 0.6 is 0 Å². The number of rotatable bonds is 7. The fourth-order valence-corrected chi connectivity index (χ4v) is 3.81. The monoisotopic (exact) mass is 375 g/mol. The van der Waals surface area contributed by atoms with Gasteiger partial charge in [-0.25, -0.2) is 8.42 Å². The van der Waals surface area contributed by atoms with Crippen molar-refractivity contribution in [2.75, 3.05) is 32.2 Å². The van der Waals surface area contributed by atoms with Crippen LogP contribution in [0.15, 0.2) is 41.3 Å². The van der Waals surface area contributed by atoms with E-state index >= 15 is 0 Å². The normalized spacial score (nSPS) is 10.7. The number of ether oxygens (including phenoxy) is 3. The van der Waals surface area contributed by atoms with Gasteiger partial charge >= 0.3 is 0 Å². The average molecular weight is 375 g/mol. The van der Waals surface area contributed by atoms with Gasteiger partial charge in [-0.3, -0.25) is 4.31 Å². The third-order valence-corrected chi connectivity index (χ3v) is 5.57. The maximum atomic E-state index is 13.1. The Hall–Kier alpha value is -2.85. The van der Waals surface area contributed by atoms with Gasteiger partial charge in [-0.1, -0.05) is 23.6 Å². The summed E-state index contributed by atoms with van der Waals surface area (Å²) in [5.74, 6) is 3.43. The van der Waals surface area contributed by atoms with Crippen molar-refractivity contribution in [3.8, 4) is 29.6 Å². The molecule has 138 valence electrons. The fraction of sp³-hybridized carbons (Fsp3) is 0.263. The number of benzene rings is 2. The summed E-state index contributed by atoms with van der Waals surface area (Å²) >= 11 is 0. The van der Waals surface area contributed by atoms with E-state index in [-0.39, 0.29) is 11.4 Å². The minimum Gasteiger partial charge on any atom is -0.493 e. The first-order valence-corrected chi connectivity index (χ1v) is 9.16. The Morgan fingerprint density at radius 1 is 1.00 bits per heavy atom. The largest absolute Gasteiger partial charge is 0.493 e. The number of sulfonamides is 1. The van der Waals surface area contributed by atoms with E-state index in [0.29, 0.717) is 22.9 Å². The molecule has 0 spiro atoms. The smallest absolute Gasteiger partial charge is 0.265 e. The van der Waals surface area contributed by atoms with Gasteiger partial charge in [-0.15, -0.1) is 6.42 Å². The first-order valence-electron chi connectivity index (χ1n) is 7.72. The summed E-state index contributed by atoms with van der Waals surface area (Å²) in [5.41, 5.74) is 1.28. The number of nitrogens with zero attached hydrogens (tertiary/aromatic N) is 1. The summed E-state index contributed by atoms with van der Waals surface area (Å²) < 4.78 is 43.2. The van der Waals surface area contributed by atoms with E-state index in [9.17, 15) is 8.42 Å². The molecular formula is C19H21NO5S. The lowest BCUT2D eigenvalue weighted by Crippen LogP contribution is -2.31. The predicted octanol–water partition coefficient (Wildman–Crippen LogP) is 2.85. The van der Waals surface area contributed by atoms with Crippen LogP contribution in [0, 0.1) is 19.3 Å². The minimum absolute atomic E-state index is 0.144. The standard InChI is InChI=1S/C19H21NO5S/c1-6-11-20(26(21,22)16-9-7-14(2)8-10-16)15-12-17(23-3)19(25-5)18(13-15)24-4/h1,7-10,12-13H,11H2,2-5H3. The molecule has 0 fully saturated rings. The van der Waals surface area contributed by atoms with Crippen molar-refractivity contribution in [1.82, 2.24) is 0 Å². The van der Waals surface area contributed by atoms with Crippen molar-refractivity contribution >= 4 is 15.7 Å². The number of anilines is 1. The van der Waals surface area contributed by atoms with Gasteiger partial charge in [0.15, 0.2) is 11.5 Å². The lowest BCUT2D eigenvalue weighted by atomic mass is 10.2. The number of terminal acetylenes is 1. The molecular weight excluding hydrogens is 354 g/mol. The van der Waals surface area contributed by atoms with Crippen LogP contribution in [0.3, 0.4) is 0 Å². The summed E-state index contributed by atoms with van der Waals surface area (Å²) in [5, 5.41) is 0. The number of hydrogen-bond acceptors (Lipinski definition) is 5. The molecule has 0 heterocycles. The zero-order chi connectivity index (χ0) is 19.3. The van der Waals surface area contributed by atoms with Crippen LogP contribution in [0.1, 0.15) is 5.56 Å². The van der Waals surface area contributed by atoms with Gasteiger partial charge < -0.3 is 14.2 Å². The zero-order valence-electron chi connectivity index (χ0n) is 15.1. The third-order valence-electron chi connectivity index (χ3n) is 3.78. The van der Waals surface area contributed by atoms with Gasteiger partial charge in [0.2, 0.25) is 5.75 Å². The van der Waals surface area contributed by atoms with Gasteiger partial charge in [0.05, 0.1) is 38.5 Å². The lowest BCUT2D eigenvalue weighted by molar-refractivity contribution is 0.324. The summed E-state index contributed by atoms with van der Waals surface area (Å²) in [6.07, 6.45) is 5.42. The van der Waals surface area contributed by atoms with E-state index < -0.39 is 10.0 Å². The van der Waals surface area contributed by atoms with E-state index in [1.807, 2.05) is 6.92 Å². The summed E-state index contributed by atoms with van der Waals surface area (Å²) in [6, 6.07) is 9.65. The topological polar surface area (TPSA) is 65.1 Å². The molecule has 2 aromatic carbocycles. The van der Waals surface area contributed by atoms with E-state index in [1.165, 1.54) is 21.3 Å². The van der Waals surface area contributed by atoms with Crippen molar-refractivity contribution < 1.29 is 22.6 Å². The Labute approximate surface area is 154 Å². The molecule has 0 N–H and O–H groups in total. The molecule has 0 aliphatic carbocycles.